The summed E-state index contributed by atoms with van der Waals surface area (Å²) in [6.07, 6.45) is 0. The molecule has 1 heterocycles. The first-order valence-corrected chi connectivity index (χ1v) is 10.2. The second-order valence-corrected chi connectivity index (χ2v) is 7.40. The van der Waals surface area contributed by atoms with Crippen molar-refractivity contribution in [2.75, 3.05) is 22.6 Å². The Morgan fingerprint density at radius 2 is 1.53 bits per heavy atom. The van der Waals surface area contributed by atoms with Crippen molar-refractivity contribution in [2.45, 2.75) is 6.92 Å². The number of methoxy groups -OCH3 is 1. The van der Waals surface area contributed by atoms with Crippen molar-refractivity contribution in [3.63, 3.8) is 0 Å². The fraction of sp³-hybridized carbons (Fsp3) is 0.0800. The summed E-state index contributed by atoms with van der Waals surface area (Å²) in [5, 5.41) is 5.57. The quantitative estimate of drug-likeness (QED) is 0.532. The largest absolute Gasteiger partial charge is 0.497 e. The molecule has 3 amide bonds. The highest BCUT2D eigenvalue weighted by molar-refractivity contribution is 6.46. The molecule has 0 saturated heterocycles. The predicted molar refractivity (Wildman–Crippen MR) is 123 cm³/mol. The highest BCUT2D eigenvalue weighted by atomic mass is 19.1. The molecule has 1 aliphatic heterocycles. The highest BCUT2D eigenvalue weighted by Crippen LogP contribution is 2.35. The minimum atomic E-state index is -1.04. The maximum absolute atomic E-state index is 14.5. The summed E-state index contributed by atoms with van der Waals surface area (Å²) in [5.74, 6) is -3.13. The molecule has 0 aliphatic carbocycles. The summed E-state index contributed by atoms with van der Waals surface area (Å²) >= 11 is 0. The lowest BCUT2D eigenvalue weighted by Gasteiger charge is -2.16. The van der Waals surface area contributed by atoms with Crippen LogP contribution in [0.25, 0.3) is 5.57 Å². The van der Waals surface area contributed by atoms with E-state index in [2.05, 4.69) is 10.6 Å². The normalized spacial score (nSPS) is 13.4. The van der Waals surface area contributed by atoms with Crippen LogP contribution in [0.15, 0.2) is 72.4 Å². The molecule has 7 nitrogen and oxygen atoms in total. The molecule has 9 heteroatoms. The van der Waals surface area contributed by atoms with Crippen LogP contribution in [0.3, 0.4) is 0 Å². The molecule has 4 rings (SSSR count). The first kappa shape index (κ1) is 22.7. The molecule has 1 aliphatic rings. The number of nitrogens with one attached hydrogen (secondary N) is 2. The number of nitrogens with zero attached hydrogens (tertiary/aromatic N) is 1. The van der Waals surface area contributed by atoms with Crippen molar-refractivity contribution in [3.8, 4) is 5.75 Å². The molecule has 2 N–H and O–H groups in total. The van der Waals surface area contributed by atoms with Crippen LogP contribution in [0.1, 0.15) is 12.5 Å². The molecule has 0 saturated carbocycles. The van der Waals surface area contributed by atoms with Gasteiger partial charge < -0.3 is 15.4 Å². The van der Waals surface area contributed by atoms with Gasteiger partial charge in [-0.15, -0.1) is 0 Å². The van der Waals surface area contributed by atoms with Gasteiger partial charge in [-0.3, -0.25) is 14.4 Å². The van der Waals surface area contributed by atoms with E-state index in [1.807, 2.05) is 0 Å². The molecule has 0 aromatic heterocycles. The van der Waals surface area contributed by atoms with Crippen LogP contribution in [0.4, 0.5) is 25.8 Å². The minimum absolute atomic E-state index is 0.0160. The fourth-order valence-corrected chi connectivity index (χ4v) is 3.54. The number of hydrogen-bond donors (Lipinski definition) is 2. The Balaban J connectivity index is 1.77. The van der Waals surface area contributed by atoms with Crippen LogP contribution in [-0.2, 0) is 14.4 Å². The molecule has 0 bridgehead atoms. The average Bonchev–Trinajstić information content (AvgIpc) is 3.04. The zero-order chi connectivity index (χ0) is 24.4. The lowest BCUT2D eigenvalue weighted by atomic mass is 10.0. The van der Waals surface area contributed by atoms with Crippen molar-refractivity contribution in [3.05, 3.63) is 89.6 Å². The van der Waals surface area contributed by atoms with Gasteiger partial charge in [-0.25, -0.2) is 13.7 Å². The SMILES string of the molecule is COc1ccc(C2=C(Nc3ccc(NC(C)=O)cc3)C(=O)N(c3ccc(F)cc3F)C2=O)cc1. The Kier molecular flexibility index (Phi) is 6.09. The van der Waals surface area contributed by atoms with E-state index in [4.69, 9.17) is 4.74 Å². The van der Waals surface area contributed by atoms with Crippen molar-refractivity contribution < 1.29 is 27.9 Å². The lowest BCUT2D eigenvalue weighted by Crippen LogP contribution is -2.33. The topological polar surface area (TPSA) is 87.7 Å². The summed E-state index contributed by atoms with van der Waals surface area (Å²) in [4.78, 5) is 38.6. The number of imide groups is 1. The van der Waals surface area contributed by atoms with E-state index in [9.17, 15) is 23.2 Å². The first-order valence-electron chi connectivity index (χ1n) is 10.2. The summed E-state index contributed by atoms with van der Waals surface area (Å²) in [6.45, 7) is 1.38. The number of anilines is 3. The molecule has 34 heavy (non-hydrogen) atoms. The third-order valence-electron chi connectivity index (χ3n) is 5.09. The maximum atomic E-state index is 14.5. The van der Waals surface area contributed by atoms with E-state index in [1.165, 1.54) is 14.0 Å². The Morgan fingerprint density at radius 3 is 2.12 bits per heavy atom. The summed E-state index contributed by atoms with van der Waals surface area (Å²) < 4.78 is 33.1. The Bertz CT molecular complexity index is 1320. The van der Waals surface area contributed by atoms with E-state index in [0.29, 0.717) is 33.7 Å². The van der Waals surface area contributed by atoms with Crippen LogP contribution < -0.4 is 20.3 Å². The Morgan fingerprint density at radius 1 is 0.882 bits per heavy atom. The lowest BCUT2D eigenvalue weighted by molar-refractivity contribution is -0.120. The number of rotatable bonds is 6. The van der Waals surface area contributed by atoms with Gasteiger partial charge in [-0.05, 0) is 54.1 Å². The van der Waals surface area contributed by atoms with Crippen molar-refractivity contribution in [1.82, 2.24) is 0 Å². The third kappa shape index (κ3) is 4.36. The van der Waals surface area contributed by atoms with Crippen LogP contribution >= 0.6 is 0 Å². The maximum Gasteiger partial charge on any atom is 0.282 e. The van der Waals surface area contributed by atoms with Crippen molar-refractivity contribution in [1.29, 1.82) is 0 Å². The smallest absolute Gasteiger partial charge is 0.282 e. The molecular weight excluding hydrogens is 444 g/mol. The number of carbonyl (C=O) groups excluding carboxylic acids is 3. The predicted octanol–water partition coefficient (Wildman–Crippen LogP) is 4.33. The van der Waals surface area contributed by atoms with Gasteiger partial charge in [-0.2, -0.15) is 0 Å². The molecule has 3 aromatic rings. The standard InChI is InChI=1S/C25H19F2N3O4/c1-14(31)28-17-6-8-18(9-7-17)29-23-22(15-3-10-19(34-2)11-4-15)24(32)30(25(23)33)21-12-5-16(26)13-20(21)27/h3-13,29H,1-2H3,(H,28,31). The number of halogens is 2. The Hall–Kier alpha value is -4.53. The van der Waals surface area contributed by atoms with Gasteiger partial charge >= 0.3 is 0 Å². The molecule has 3 aromatic carbocycles. The van der Waals surface area contributed by atoms with E-state index in [-0.39, 0.29) is 22.9 Å². The molecule has 0 unspecified atom stereocenters. The van der Waals surface area contributed by atoms with Crippen molar-refractivity contribution >= 4 is 40.4 Å². The minimum Gasteiger partial charge on any atom is -0.497 e. The van der Waals surface area contributed by atoms with E-state index in [0.717, 1.165) is 12.1 Å². The number of carbonyl (C=O) groups is 3. The third-order valence-corrected chi connectivity index (χ3v) is 5.09. The number of hydrogen-bond acceptors (Lipinski definition) is 5. The zero-order valence-corrected chi connectivity index (χ0v) is 18.2. The number of benzene rings is 3. The van der Waals surface area contributed by atoms with Crippen LogP contribution in [0.2, 0.25) is 0 Å². The average molecular weight is 463 g/mol. The van der Waals surface area contributed by atoms with Gasteiger partial charge in [0.2, 0.25) is 5.91 Å². The van der Waals surface area contributed by atoms with Crippen LogP contribution in [0, 0.1) is 11.6 Å². The molecule has 0 spiro atoms. The number of amides is 3. The van der Waals surface area contributed by atoms with Gasteiger partial charge in [0.25, 0.3) is 11.8 Å². The van der Waals surface area contributed by atoms with E-state index < -0.39 is 23.4 Å². The fourth-order valence-electron chi connectivity index (χ4n) is 3.54. The molecule has 172 valence electrons. The van der Waals surface area contributed by atoms with E-state index in [1.54, 1.807) is 48.5 Å². The van der Waals surface area contributed by atoms with Crippen LogP contribution in [0.5, 0.6) is 5.75 Å². The second kappa shape index (κ2) is 9.14. The zero-order valence-electron chi connectivity index (χ0n) is 18.2. The first-order chi connectivity index (χ1) is 16.3. The molecular formula is C25H19F2N3O4. The second-order valence-electron chi connectivity index (χ2n) is 7.40. The molecule has 0 fully saturated rings. The van der Waals surface area contributed by atoms with Gasteiger partial charge in [0.1, 0.15) is 23.1 Å². The van der Waals surface area contributed by atoms with Gasteiger partial charge in [0.05, 0.1) is 18.4 Å². The highest BCUT2D eigenvalue weighted by Gasteiger charge is 2.41. The van der Waals surface area contributed by atoms with Crippen LogP contribution in [-0.4, -0.2) is 24.8 Å². The van der Waals surface area contributed by atoms with Gasteiger partial charge in [-0.1, -0.05) is 12.1 Å². The summed E-state index contributed by atoms with van der Waals surface area (Å²) in [5.41, 5.74) is 0.985. The summed E-state index contributed by atoms with van der Waals surface area (Å²) in [6, 6.07) is 15.5. The monoisotopic (exact) mass is 463 g/mol. The number of ether oxygens (including phenoxy) is 1. The van der Waals surface area contributed by atoms with Gasteiger partial charge in [0, 0.05) is 24.4 Å². The Labute approximate surface area is 193 Å². The molecule has 0 radical (unpaired) electrons. The van der Waals surface area contributed by atoms with Crippen molar-refractivity contribution in [2.24, 2.45) is 0 Å². The van der Waals surface area contributed by atoms with Gasteiger partial charge in [0.15, 0.2) is 0 Å². The van der Waals surface area contributed by atoms with E-state index >= 15 is 0 Å². The molecule has 0 atom stereocenters. The summed E-state index contributed by atoms with van der Waals surface area (Å²) in [7, 11) is 1.50.